The van der Waals surface area contributed by atoms with E-state index in [1.165, 1.54) is 13.2 Å². The van der Waals surface area contributed by atoms with Gasteiger partial charge in [-0.15, -0.1) is 0 Å². The average molecular weight is 395 g/mol. The normalized spacial score (nSPS) is 23.4. The van der Waals surface area contributed by atoms with Crippen molar-refractivity contribution in [1.29, 1.82) is 0 Å². The summed E-state index contributed by atoms with van der Waals surface area (Å²) in [5.41, 5.74) is 1.79. The molecule has 0 spiro atoms. The number of halogens is 2. The van der Waals surface area contributed by atoms with Crippen LogP contribution >= 0.6 is 0 Å². The molecule has 2 atom stereocenters. The predicted molar refractivity (Wildman–Crippen MR) is 92.7 cm³/mol. The van der Waals surface area contributed by atoms with Crippen LogP contribution in [-0.4, -0.2) is 42.9 Å². The number of rotatable bonds is 6. The van der Waals surface area contributed by atoms with E-state index in [4.69, 9.17) is 9.57 Å². The third-order valence-corrected chi connectivity index (χ3v) is 4.18. The molecule has 0 saturated carbocycles. The van der Waals surface area contributed by atoms with Gasteiger partial charge in [-0.05, 0) is 25.1 Å². The lowest BCUT2D eigenvalue weighted by Gasteiger charge is -2.21. The largest absolute Gasteiger partial charge is 0.486 e. The molecule has 0 unspecified atom stereocenters. The van der Waals surface area contributed by atoms with Gasteiger partial charge in [0.1, 0.15) is 23.8 Å². The Morgan fingerprint density at radius 3 is 2.71 bits per heavy atom. The van der Waals surface area contributed by atoms with Crippen LogP contribution in [0.3, 0.4) is 0 Å². The van der Waals surface area contributed by atoms with E-state index in [2.05, 4.69) is 20.8 Å². The molecule has 0 bridgehead atoms. The van der Waals surface area contributed by atoms with E-state index in [9.17, 15) is 18.4 Å². The van der Waals surface area contributed by atoms with Gasteiger partial charge in [-0.2, -0.15) is 0 Å². The first kappa shape index (κ1) is 19.7. The van der Waals surface area contributed by atoms with Gasteiger partial charge < -0.3 is 14.9 Å². The summed E-state index contributed by atoms with van der Waals surface area (Å²) >= 11 is 0. The summed E-state index contributed by atoms with van der Waals surface area (Å²) in [6, 6.07) is 2.60. The highest BCUT2D eigenvalue weighted by molar-refractivity contribution is 6.02. The second kappa shape index (κ2) is 7.93. The van der Waals surface area contributed by atoms with E-state index in [1.54, 1.807) is 6.92 Å². The van der Waals surface area contributed by atoms with Crippen molar-refractivity contribution in [1.82, 2.24) is 10.8 Å². The van der Waals surface area contributed by atoms with Crippen LogP contribution in [-0.2, 0) is 24.0 Å². The highest BCUT2D eigenvalue weighted by Gasteiger charge is 2.38. The minimum Gasteiger partial charge on any atom is -0.486 e. The number of nitrogens with one attached hydrogen (secondary N) is 2. The third-order valence-electron chi connectivity index (χ3n) is 4.18. The van der Waals surface area contributed by atoms with E-state index in [0.717, 1.165) is 18.2 Å². The molecule has 2 N–H and O–H groups in total. The van der Waals surface area contributed by atoms with E-state index in [-0.39, 0.29) is 36.7 Å². The molecular weight excluding hydrogens is 376 g/mol. The van der Waals surface area contributed by atoms with Crippen LogP contribution in [0.5, 0.6) is 0 Å². The summed E-state index contributed by atoms with van der Waals surface area (Å²) in [4.78, 5) is 33.8. The number of ether oxygens (including phenoxy) is 1. The van der Waals surface area contributed by atoms with Gasteiger partial charge in [-0.1, -0.05) is 5.16 Å². The lowest BCUT2D eigenvalue weighted by atomic mass is 9.92. The maximum atomic E-state index is 13.4. The first-order chi connectivity index (χ1) is 13.3. The number of nitrogens with zero attached hydrogens (tertiary/aromatic N) is 1. The minimum atomic E-state index is -0.957. The zero-order valence-electron chi connectivity index (χ0n) is 15.3. The highest BCUT2D eigenvalue weighted by atomic mass is 19.1. The lowest BCUT2D eigenvalue weighted by Crippen LogP contribution is -2.40. The Hall–Kier alpha value is -3.01. The molecule has 0 aliphatic carbocycles. The molecule has 2 amide bonds. The maximum absolute atomic E-state index is 13.4. The molecule has 0 aromatic heterocycles. The van der Waals surface area contributed by atoms with Gasteiger partial charge >= 0.3 is 5.91 Å². The van der Waals surface area contributed by atoms with Crippen molar-refractivity contribution in [2.75, 3.05) is 13.7 Å². The number of carbonyl (C=O) groups is 2. The van der Waals surface area contributed by atoms with Crippen LogP contribution < -0.4 is 10.8 Å². The zero-order chi connectivity index (χ0) is 20.3. The molecule has 2 heterocycles. The molecule has 28 heavy (non-hydrogen) atoms. The minimum absolute atomic E-state index is 0.0399. The van der Waals surface area contributed by atoms with Crippen molar-refractivity contribution < 1.29 is 32.8 Å². The van der Waals surface area contributed by atoms with Crippen LogP contribution in [0.15, 0.2) is 35.2 Å². The fourth-order valence-corrected chi connectivity index (χ4v) is 2.98. The monoisotopic (exact) mass is 395 g/mol. The van der Waals surface area contributed by atoms with Gasteiger partial charge in [0.05, 0.1) is 25.3 Å². The quantitative estimate of drug-likeness (QED) is 0.708. The summed E-state index contributed by atoms with van der Waals surface area (Å²) in [7, 11) is 1.30. The number of carbonyl (C=O) groups excluding carboxylic acids is 2. The molecule has 2 aliphatic rings. The van der Waals surface area contributed by atoms with Crippen molar-refractivity contribution in [2.45, 2.75) is 31.4 Å². The molecule has 0 saturated heterocycles. The standard InChI is InChI=1S/C18H19F2N3O5/c1-18(7-14(22-28-18)10-3-11(19)5-12(20)4-10)8-16(24)21-13-6-15(27-9-13)17(25)23-26-2/h3-6,13H,7-9H2,1-2H3,(H,21,24)(H,23,25)/t13-,18-/m1/s1. The smallest absolute Gasteiger partial charge is 0.309 e. The molecule has 3 rings (SSSR count). The third kappa shape index (κ3) is 4.63. The lowest BCUT2D eigenvalue weighted by molar-refractivity contribution is -0.130. The zero-order valence-corrected chi connectivity index (χ0v) is 15.3. The Kier molecular flexibility index (Phi) is 5.59. The summed E-state index contributed by atoms with van der Waals surface area (Å²) in [6.07, 6.45) is 1.64. The Morgan fingerprint density at radius 1 is 1.32 bits per heavy atom. The highest BCUT2D eigenvalue weighted by Crippen LogP contribution is 2.30. The van der Waals surface area contributed by atoms with Crippen molar-refractivity contribution in [3.05, 3.63) is 47.2 Å². The maximum Gasteiger partial charge on any atom is 0.309 e. The number of oxime groups is 1. The molecular formula is C18H19F2N3O5. The molecule has 0 fully saturated rings. The molecule has 8 nitrogen and oxygen atoms in total. The van der Waals surface area contributed by atoms with Crippen molar-refractivity contribution in [3.63, 3.8) is 0 Å². The second-order valence-corrected chi connectivity index (χ2v) is 6.74. The van der Waals surface area contributed by atoms with Crippen LogP contribution in [0, 0.1) is 11.6 Å². The Morgan fingerprint density at radius 2 is 2.04 bits per heavy atom. The molecule has 0 radical (unpaired) electrons. The van der Waals surface area contributed by atoms with Gasteiger partial charge in [-0.25, -0.2) is 14.3 Å². The fourth-order valence-electron chi connectivity index (χ4n) is 2.98. The number of amides is 2. The van der Waals surface area contributed by atoms with Crippen LogP contribution in [0.1, 0.15) is 25.3 Å². The van der Waals surface area contributed by atoms with Gasteiger partial charge in [0.2, 0.25) is 5.91 Å². The van der Waals surface area contributed by atoms with Crippen molar-refractivity contribution >= 4 is 17.5 Å². The second-order valence-electron chi connectivity index (χ2n) is 6.74. The van der Waals surface area contributed by atoms with E-state index in [0.29, 0.717) is 5.71 Å². The SMILES string of the molecule is CONC(=O)C1=C[C@@H](NC(=O)C[C@@]2(C)CC(c3cc(F)cc(F)c3)=NO2)CO1. The van der Waals surface area contributed by atoms with E-state index < -0.39 is 29.2 Å². The Balaban J connectivity index is 1.56. The average Bonchev–Trinajstić information content (AvgIpc) is 3.21. The van der Waals surface area contributed by atoms with Crippen LogP contribution in [0.4, 0.5) is 8.78 Å². The first-order valence-corrected chi connectivity index (χ1v) is 8.47. The fraction of sp³-hybridized carbons (Fsp3) is 0.389. The molecule has 150 valence electrons. The van der Waals surface area contributed by atoms with E-state index >= 15 is 0 Å². The van der Waals surface area contributed by atoms with Crippen molar-refractivity contribution in [2.24, 2.45) is 5.16 Å². The number of hydrogen-bond donors (Lipinski definition) is 2. The van der Waals surface area contributed by atoms with Crippen LogP contribution in [0.2, 0.25) is 0 Å². The number of hydrogen-bond acceptors (Lipinski definition) is 6. The molecule has 2 aliphatic heterocycles. The summed E-state index contributed by atoms with van der Waals surface area (Å²) in [5.74, 6) is -2.28. The first-order valence-electron chi connectivity index (χ1n) is 8.47. The summed E-state index contributed by atoms with van der Waals surface area (Å²) < 4.78 is 32.0. The van der Waals surface area contributed by atoms with Crippen LogP contribution in [0.25, 0.3) is 0 Å². The Labute approximate surface area is 159 Å². The van der Waals surface area contributed by atoms with Gasteiger partial charge in [0, 0.05) is 18.1 Å². The van der Waals surface area contributed by atoms with Crippen molar-refractivity contribution in [3.8, 4) is 0 Å². The topological polar surface area (TPSA) is 98.3 Å². The molecule has 1 aromatic carbocycles. The molecule has 1 aromatic rings. The number of hydroxylamine groups is 1. The van der Waals surface area contributed by atoms with Gasteiger partial charge in [0.15, 0.2) is 5.76 Å². The summed E-state index contributed by atoms with van der Waals surface area (Å²) in [6.45, 7) is 1.79. The number of benzene rings is 1. The van der Waals surface area contributed by atoms with Gasteiger partial charge in [0.25, 0.3) is 0 Å². The summed E-state index contributed by atoms with van der Waals surface area (Å²) in [5, 5.41) is 6.60. The molecule has 10 heteroatoms. The van der Waals surface area contributed by atoms with Gasteiger partial charge in [-0.3, -0.25) is 14.4 Å². The Bertz CT molecular complexity index is 837. The predicted octanol–water partition coefficient (Wildman–Crippen LogP) is 1.31. The van der Waals surface area contributed by atoms with E-state index in [1.807, 2.05) is 0 Å².